The van der Waals surface area contributed by atoms with Crippen molar-refractivity contribution in [1.29, 1.82) is 0 Å². The number of aliphatic hydroxyl groups is 4. The molecule has 0 aliphatic carbocycles. The highest BCUT2D eigenvalue weighted by molar-refractivity contribution is 4.90. The smallest absolute Gasteiger partial charge is 0.184 e. The normalized spacial score (nSPS) is 43.2. The summed E-state index contributed by atoms with van der Waals surface area (Å²) in [6.45, 7) is 0.546. The Morgan fingerprint density at radius 3 is 2.73 bits per heavy atom. The second-order valence-electron chi connectivity index (χ2n) is 3.26. The van der Waals surface area contributed by atoms with Crippen LogP contribution in [0.1, 0.15) is 1.37 Å². The molecule has 0 spiro atoms. The monoisotopic (exact) mass is 221 g/mol. The maximum atomic E-state index is 9.66. The van der Waals surface area contributed by atoms with Crippen molar-refractivity contribution in [1.82, 2.24) is 0 Å². The van der Waals surface area contributed by atoms with Crippen LogP contribution in [0.3, 0.4) is 0 Å². The van der Waals surface area contributed by atoms with Crippen LogP contribution in [-0.2, 0) is 9.47 Å². The number of hydrogen-bond acceptors (Lipinski definition) is 6. The molecule has 0 aromatic rings. The fourth-order valence-corrected chi connectivity index (χ4v) is 1.43. The maximum Gasteiger partial charge on any atom is 0.184 e. The summed E-state index contributed by atoms with van der Waals surface area (Å²) in [5.41, 5.74) is 0. The van der Waals surface area contributed by atoms with Crippen LogP contribution >= 0.6 is 0 Å². The Bertz CT molecular complexity index is 236. The highest BCUT2D eigenvalue weighted by atomic mass is 16.6. The van der Waals surface area contributed by atoms with Crippen LogP contribution in [0.5, 0.6) is 0 Å². The van der Waals surface area contributed by atoms with E-state index in [0.29, 0.717) is 0 Å². The number of ether oxygens (including phenoxy) is 2. The van der Waals surface area contributed by atoms with E-state index in [4.69, 9.17) is 16.0 Å². The predicted octanol–water partition coefficient (Wildman–Crippen LogP) is -2.01. The third-order valence-corrected chi connectivity index (χ3v) is 2.23. The van der Waals surface area contributed by atoms with Gasteiger partial charge >= 0.3 is 0 Å². The summed E-state index contributed by atoms with van der Waals surface area (Å²) >= 11 is 0. The highest BCUT2D eigenvalue weighted by Gasteiger charge is 2.44. The van der Waals surface area contributed by atoms with Gasteiger partial charge in [0.05, 0.1) is 14.6 Å². The summed E-state index contributed by atoms with van der Waals surface area (Å²) in [6, 6.07) is 0. The molecule has 0 saturated carbocycles. The Labute approximate surface area is 88.8 Å². The van der Waals surface area contributed by atoms with Crippen molar-refractivity contribution in [3.8, 4) is 0 Å². The van der Waals surface area contributed by atoms with Crippen LogP contribution < -0.4 is 0 Å². The summed E-state index contributed by atoms with van der Waals surface area (Å²) in [5.74, 6) is 0. The largest absolute Gasteiger partial charge is 0.394 e. The average Bonchev–Trinajstić information content (AvgIpc) is 2.28. The summed E-state index contributed by atoms with van der Waals surface area (Å²) in [6.07, 6.45) is -4.82. The van der Waals surface area contributed by atoms with Crippen LogP contribution in [-0.4, -0.2) is 64.3 Å². The number of aliphatic hydroxyl groups excluding tert-OH is 4. The molecule has 0 aromatic heterocycles. The van der Waals surface area contributed by atoms with Gasteiger partial charge in [0.15, 0.2) is 6.29 Å². The van der Waals surface area contributed by atoms with E-state index in [2.05, 4.69) is 0 Å². The Hall–Kier alpha value is -0.500. The summed E-state index contributed by atoms with van der Waals surface area (Å²) in [4.78, 5) is 0. The summed E-state index contributed by atoms with van der Waals surface area (Å²) < 4.78 is 16.6. The van der Waals surface area contributed by atoms with Crippen molar-refractivity contribution in [3.63, 3.8) is 0 Å². The van der Waals surface area contributed by atoms with Gasteiger partial charge in [-0.2, -0.15) is 0 Å². The third kappa shape index (κ3) is 2.75. The molecule has 88 valence electrons. The lowest BCUT2D eigenvalue weighted by Gasteiger charge is -2.39. The molecule has 0 aromatic carbocycles. The van der Waals surface area contributed by atoms with Crippen molar-refractivity contribution >= 4 is 0 Å². The van der Waals surface area contributed by atoms with Crippen LogP contribution in [0, 0.1) is 0 Å². The van der Waals surface area contributed by atoms with E-state index in [1.54, 1.807) is 0 Å². The van der Waals surface area contributed by atoms with Crippen molar-refractivity contribution in [2.75, 3.05) is 13.2 Å². The minimum Gasteiger partial charge on any atom is -0.394 e. The molecule has 1 rings (SSSR count). The first-order chi connectivity index (χ1) is 7.61. The maximum absolute atomic E-state index is 9.66. The zero-order valence-corrected chi connectivity index (χ0v) is 8.06. The first-order valence-electron chi connectivity index (χ1n) is 5.15. The van der Waals surface area contributed by atoms with Crippen molar-refractivity contribution in [2.45, 2.75) is 30.7 Å². The molecule has 6 heteroatoms. The van der Waals surface area contributed by atoms with Gasteiger partial charge in [0, 0.05) is 0 Å². The van der Waals surface area contributed by atoms with Gasteiger partial charge in [-0.1, -0.05) is 6.08 Å². The first-order valence-corrected chi connectivity index (χ1v) is 4.57. The second kappa shape index (κ2) is 5.55. The molecule has 0 amide bonds. The molecule has 0 bridgehead atoms. The first kappa shape index (κ1) is 11.0. The lowest BCUT2D eigenvalue weighted by atomic mass is 9.99. The quantitative estimate of drug-likeness (QED) is 0.409. The van der Waals surface area contributed by atoms with Gasteiger partial charge in [0.25, 0.3) is 0 Å². The van der Waals surface area contributed by atoms with Gasteiger partial charge in [-0.15, -0.1) is 6.55 Å². The molecule has 0 radical (unpaired) electrons. The molecule has 15 heavy (non-hydrogen) atoms. The molecule has 1 aliphatic rings. The van der Waals surface area contributed by atoms with Gasteiger partial charge in [0.2, 0.25) is 0 Å². The topological polar surface area (TPSA) is 99.4 Å². The van der Waals surface area contributed by atoms with E-state index in [1.165, 1.54) is 6.08 Å². The highest BCUT2D eigenvalue weighted by Crippen LogP contribution is 2.22. The predicted molar refractivity (Wildman–Crippen MR) is 49.9 cm³/mol. The molecular weight excluding hydrogens is 204 g/mol. The number of hydrogen-bond donors (Lipinski definition) is 4. The molecular formula is C9H16O6. The standard InChI is InChI=1S/C9H16O6/c1-2-3-14-8-6(11)5(4-10)15-9(13)7(8)12/h2,5-13H,1,3-4H2/t5-,6-,7-,8+,9?/m1/s1/i1D. The molecule has 1 aliphatic heterocycles. The van der Waals surface area contributed by atoms with Gasteiger partial charge < -0.3 is 29.9 Å². The Morgan fingerprint density at radius 2 is 2.13 bits per heavy atom. The second-order valence-corrected chi connectivity index (χ2v) is 3.26. The fourth-order valence-electron chi connectivity index (χ4n) is 1.43. The third-order valence-electron chi connectivity index (χ3n) is 2.23. The van der Waals surface area contributed by atoms with Crippen molar-refractivity contribution in [2.24, 2.45) is 0 Å². The Morgan fingerprint density at radius 1 is 1.40 bits per heavy atom. The average molecular weight is 221 g/mol. The van der Waals surface area contributed by atoms with Crippen LogP contribution in [0.2, 0.25) is 0 Å². The van der Waals surface area contributed by atoms with Crippen molar-refractivity contribution < 1.29 is 31.3 Å². The Kier molecular flexibility index (Phi) is 4.07. The van der Waals surface area contributed by atoms with Crippen LogP contribution in [0.25, 0.3) is 0 Å². The number of rotatable bonds is 4. The van der Waals surface area contributed by atoms with E-state index < -0.39 is 37.3 Å². The lowest BCUT2D eigenvalue weighted by molar-refractivity contribution is -0.292. The summed E-state index contributed by atoms with van der Waals surface area (Å²) in [5, 5.41) is 37.3. The zero-order valence-electron chi connectivity index (χ0n) is 9.06. The van der Waals surface area contributed by atoms with Crippen molar-refractivity contribution in [3.05, 3.63) is 12.6 Å². The van der Waals surface area contributed by atoms with E-state index >= 15 is 0 Å². The lowest BCUT2D eigenvalue weighted by Crippen LogP contribution is -2.59. The van der Waals surface area contributed by atoms with Gasteiger partial charge in [-0.05, 0) is 0 Å². The fraction of sp³-hybridized carbons (Fsp3) is 0.778. The molecule has 1 saturated heterocycles. The minimum atomic E-state index is -1.51. The summed E-state index contributed by atoms with van der Waals surface area (Å²) in [7, 11) is 0. The van der Waals surface area contributed by atoms with E-state index in [0.717, 1.165) is 6.55 Å². The van der Waals surface area contributed by atoms with Gasteiger partial charge in [0.1, 0.15) is 24.4 Å². The Balaban J connectivity index is 2.61. The van der Waals surface area contributed by atoms with E-state index in [-0.39, 0.29) is 6.61 Å². The molecule has 1 fully saturated rings. The molecule has 1 unspecified atom stereocenters. The molecule has 1 heterocycles. The van der Waals surface area contributed by atoms with Gasteiger partial charge in [-0.25, -0.2) is 0 Å². The van der Waals surface area contributed by atoms with Crippen LogP contribution in [0.4, 0.5) is 0 Å². The van der Waals surface area contributed by atoms with E-state index in [1.807, 2.05) is 0 Å². The molecule has 4 N–H and O–H groups in total. The van der Waals surface area contributed by atoms with E-state index in [9.17, 15) is 15.3 Å². The molecule has 6 nitrogen and oxygen atoms in total. The SMILES string of the molecule is [2H]C=CCO[C@H]1[C@H](O)[C@@H](CO)OC(O)[C@@H]1O. The zero-order chi connectivity index (χ0) is 12.1. The molecule has 5 atom stereocenters. The van der Waals surface area contributed by atoms with Crippen LogP contribution in [0.15, 0.2) is 12.6 Å². The van der Waals surface area contributed by atoms with Gasteiger partial charge in [-0.3, -0.25) is 0 Å². The minimum absolute atomic E-state index is 0.0210.